The standard InChI is InChI=1S/C17H24N6O5/c1-16(2,3)27-14(24)23(15(25)28-17(4,5)6)13-11(26-7)10(8-9-18-13)12-19-21-22-20-12/h8-9H,1-7H3,(H,19,20,21,22). The van der Waals surface area contributed by atoms with E-state index >= 15 is 0 Å². The Hall–Kier alpha value is -3.24. The second-order valence-corrected chi connectivity index (χ2v) is 7.75. The Morgan fingerprint density at radius 1 is 1.04 bits per heavy atom. The lowest BCUT2D eigenvalue weighted by Gasteiger charge is -2.28. The van der Waals surface area contributed by atoms with Crippen molar-refractivity contribution in [2.45, 2.75) is 52.7 Å². The van der Waals surface area contributed by atoms with Crippen LogP contribution >= 0.6 is 0 Å². The van der Waals surface area contributed by atoms with E-state index in [0.29, 0.717) is 10.5 Å². The Morgan fingerprint density at radius 3 is 2.04 bits per heavy atom. The maximum absolute atomic E-state index is 12.8. The number of nitrogens with one attached hydrogen (secondary N) is 1. The van der Waals surface area contributed by atoms with Crippen LogP contribution < -0.4 is 9.64 Å². The fraction of sp³-hybridized carbons (Fsp3) is 0.529. The summed E-state index contributed by atoms with van der Waals surface area (Å²) >= 11 is 0. The lowest BCUT2D eigenvalue weighted by Crippen LogP contribution is -2.44. The Bertz CT molecular complexity index is 811. The number of pyridine rings is 1. The van der Waals surface area contributed by atoms with Gasteiger partial charge in [0.1, 0.15) is 11.2 Å². The monoisotopic (exact) mass is 392 g/mol. The minimum atomic E-state index is -0.960. The first kappa shape index (κ1) is 21.1. The van der Waals surface area contributed by atoms with Crippen LogP contribution in [0, 0.1) is 0 Å². The smallest absolute Gasteiger partial charge is 0.425 e. The van der Waals surface area contributed by atoms with E-state index in [1.807, 2.05) is 0 Å². The molecule has 11 nitrogen and oxygen atoms in total. The van der Waals surface area contributed by atoms with Gasteiger partial charge in [-0.3, -0.25) is 0 Å². The Balaban J connectivity index is 2.58. The van der Waals surface area contributed by atoms with Crippen LogP contribution in [0.4, 0.5) is 15.4 Å². The van der Waals surface area contributed by atoms with E-state index < -0.39 is 23.4 Å². The van der Waals surface area contributed by atoms with Crippen molar-refractivity contribution in [2.75, 3.05) is 12.0 Å². The van der Waals surface area contributed by atoms with Crippen molar-refractivity contribution in [2.24, 2.45) is 0 Å². The van der Waals surface area contributed by atoms with E-state index in [-0.39, 0.29) is 17.4 Å². The zero-order valence-corrected chi connectivity index (χ0v) is 16.9. The first-order valence-electron chi connectivity index (χ1n) is 8.46. The van der Waals surface area contributed by atoms with Gasteiger partial charge in [-0.25, -0.2) is 14.6 Å². The van der Waals surface area contributed by atoms with Gasteiger partial charge in [0.2, 0.25) is 5.82 Å². The molecule has 0 saturated carbocycles. The van der Waals surface area contributed by atoms with Crippen LogP contribution in [0.2, 0.25) is 0 Å². The lowest BCUT2D eigenvalue weighted by atomic mass is 10.2. The molecule has 0 aromatic carbocycles. The number of aromatic nitrogens is 5. The predicted molar refractivity (Wildman–Crippen MR) is 98.9 cm³/mol. The maximum atomic E-state index is 12.8. The highest BCUT2D eigenvalue weighted by Gasteiger charge is 2.36. The zero-order valence-electron chi connectivity index (χ0n) is 16.9. The fourth-order valence-corrected chi connectivity index (χ4v) is 2.11. The maximum Gasteiger partial charge on any atom is 0.425 e. The quantitative estimate of drug-likeness (QED) is 0.837. The van der Waals surface area contributed by atoms with E-state index in [0.717, 1.165) is 0 Å². The average molecular weight is 392 g/mol. The molecule has 0 aliphatic carbocycles. The fourth-order valence-electron chi connectivity index (χ4n) is 2.11. The summed E-state index contributed by atoms with van der Waals surface area (Å²) < 4.78 is 16.1. The molecule has 1 N–H and O–H groups in total. The minimum absolute atomic E-state index is 0.0839. The molecule has 2 aromatic rings. The molecule has 2 heterocycles. The molecule has 0 aliphatic heterocycles. The summed E-state index contributed by atoms with van der Waals surface area (Å²) in [5, 5.41) is 13.6. The summed E-state index contributed by atoms with van der Waals surface area (Å²) in [6.45, 7) is 10.1. The molecule has 2 aromatic heterocycles. The largest absolute Gasteiger partial charge is 0.492 e. The molecule has 11 heteroatoms. The summed E-state index contributed by atoms with van der Waals surface area (Å²) in [6.07, 6.45) is -0.540. The Morgan fingerprint density at radius 2 is 1.61 bits per heavy atom. The molecule has 0 bridgehead atoms. The van der Waals surface area contributed by atoms with Crippen LogP contribution in [-0.4, -0.2) is 56.1 Å². The van der Waals surface area contributed by atoms with Crippen LogP contribution in [0.25, 0.3) is 11.4 Å². The summed E-state index contributed by atoms with van der Waals surface area (Å²) in [6, 6.07) is 1.57. The lowest BCUT2D eigenvalue weighted by molar-refractivity contribution is 0.0427. The van der Waals surface area contributed by atoms with Gasteiger partial charge in [-0.05, 0) is 52.8 Å². The van der Waals surface area contributed by atoms with Crippen molar-refractivity contribution in [3.05, 3.63) is 12.3 Å². The van der Waals surface area contributed by atoms with E-state index in [1.165, 1.54) is 13.3 Å². The van der Waals surface area contributed by atoms with Gasteiger partial charge in [-0.15, -0.1) is 10.2 Å². The van der Waals surface area contributed by atoms with Crippen LogP contribution in [0.15, 0.2) is 12.3 Å². The van der Waals surface area contributed by atoms with Crippen LogP contribution in [0.5, 0.6) is 5.75 Å². The molecule has 2 amide bonds. The molecular formula is C17H24N6O5. The van der Waals surface area contributed by atoms with Gasteiger partial charge in [-0.1, -0.05) is 0 Å². The number of imide groups is 1. The first-order valence-corrected chi connectivity index (χ1v) is 8.46. The Kier molecular flexibility index (Phi) is 5.86. The minimum Gasteiger partial charge on any atom is -0.492 e. The van der Waals surface area contributed by atoms with Gasteiger partial charge < -0.3 is 14.2 Å². The molecule has 0 radical (unpaired) electrons. The molecule has 0 atom stereocenters. The van der Waals surface area contributed by atoms with E-state index in [9.17, 15) is 9.59 Å². The van der Waals surface area contributed by atoms with Crippen molar-refractivity contribution in [1.82, 2.24) is 25.6 Å². The topological polar surface area (TPSA) is 132 Å². The number of rotatable bonds is 3. The number of hydrogen-bond acceptors (Lipinski definition) is 9. The van der Waals surface area contributed by atoms with Gasteiger partial charge >= 0.3 is 12.2 Å². The van der Waals surface area contributed by atoms with Crippen LogP contribution in [0.3, 0.4) is 0 Å². The average Bonchev–Trinajstić information content (AvgIpc) is 3.05. The number of carbonyl (C=O) groups is 2. The molecule has 2 rings (SSSR count). The van der Waals surface area contributed by atoms with E-state index in [4.69, 9.17) is 14.2 Å². The van der Waals surface area contributed by atoms with Crippen LogP contribution in [0.1, 0.15) is 41.5 Å². The number of anilines is 1. The number of amides is 2. The van der Waals surface area contributed by atoms with Gasteiger partial charge in [-0.2, -0.15) is 10.1 Å². The summed E-state index contributed by atoms with van der Waals surface area (Å²) in [5.41, 5.74) is -1.33. The summed E-state index contributed by atoms with van der Waals surface area (Å²) in [7, 11) is 1.37. The molecule has 0 fully saturated rings. The van der Waals surface area contributed by atoms with E-state index in [2.05, 4.69) is 25.6 Å². The molecule has 0 spiro atoms. The third-order valence-corrected chi connectivity index (χ3v) is 3.04. The number of H-pyrrole nitrogens is 1. The number of aromatic amines is 1. The normalized spacial score (nSPS) is 11.7. The van der Waals surface area contributed by atoms with Crippen molar-refractivity contribution >= 4 is 18.0 Å². The molecule has 152 valence electrons. The van der Waals surface area contributed by atoms with Crippen molar-refractivity contribution in [3.63, 3.8) is 0 Å². The third-order valence-electron chi connectivity index (χ3n) is 3.04. The molecule has 0 unspecified atom stereocenters. The highest BCUT2D eigenvalue weighted by Crippen LogP contribution is 2.36. The molecule has 0 aliphatic rings. The van der Waals surface area contributed by atoms with Gasteiger partial charge in [0.05, 0.1) is 12.7 Å². The zero-order chi connectivity index (χ0) is 21.1. The van der Waals surface area contributed by atoms with Crippen molar-refractivity contribution in [3.8, 4) is 17.1 Å². The van der Waals surface area contributed by atoms with Gasteiger partial charge in [0.25, 0.3) is 0 Å². The molecular weight excluding hydrogens is 368 g/mol. The molecule has 28 heavy (non-hydrogen) atoms. The van der Waals surface area contributed by atoms with Crippen molar-refractivity contribution in [1.29, 1.82) is 0 Å². The first-order chi connectivity index (χ1) is 12.9. The van der Waals surface area contributed by atoms with Gasteiger partial charge in [0.15, 0.2) is 11.6 Å². The molecule has 0 saturated heterocycles. The Labute approximate surface area is 162 Å². The summed E-state index contributed by atoms with van der Waals surface area (Å²) in [4.78, 5) is 30.4. The highest BCUT2D eigenvalue weighted by molar-refractivity contribution is 6.10. The second-order valence-electron chi connectivity index (χ2n) is 7.75. The highest BCUT2D eigenvalue weighted by atomic mass is 16.6. The SMILES string of the molecule is COc1c(-c2nn[nH]n2)ccnc1N(C(=O)OC(C)(C)C)C(=O)OC(C)(C)C. The van der Waals surface area contributed by atoms with Gasteiger partial charge in [0, 0.05) is 6.20 Å². The summed E-state index contributed by atoms with van der Waals surface area (Å²) in [5.74, 6) is 0.169. The number of hydrogen-bond donors (Lipinski definition) is 1. The van der Waals surface area contributed by atoms with Crippen molar-refractivity contribution < 1.29 is 23.8 Å². The predicted octanol–water partition coefficient (Wildman–Crippen LogP) is 2.95. The number of methoxy groups -OCH3 is 1. The second kappa shape index (κ2) is 7.79. The number of carbonyl (C=O) groups excluding carboxylic acids is 2. The third kappa shape index (κ3) is 5.15. The number of ether oxygens (including phenoxy) is 3. The van der Waals surface area contributed by atoms with E-state index in [1.54, 1.807) is 47.6 Å². The number of nitrogens with zero attached hydrogens (tertiary/aromatic N) is 5. The van der Waals surface area contributed by atoms with Crippen LogP contribution in [-0.2, 0) is 9.47 Å². The number of tetrazole rings is 1.